The molecule has 1 aromatic carbocycles. The van der Waals surface area contributed by atoms with E-state index in [0.29, 0.717) is 6.04 Å². The van der Waals surface area contributed by atoms with E-state index in [2.05, 4.69) is 45.3 Å². The van der Waals surface area contributed by atoms with Gasteiger partial charge in [0, 0.05) is 40.1 Å². The number of carbonyl (C=O) groups excluding carboxylic acids is 1. The lowest BCUT2D eigenvalue weighted by Crippen LogP contribution is -2.31. The highest BCUT2D eigenvalue weighted by Crippen LogP contribution is 2.27. The maximum atomic E-state index is 11.8. The van der Waals surface area contributed by atoms with Gasteiger partial charge >= 0.3 is 0 Å². The number of thiophene rings is 1. The molecule has 0 N–H and O–H groups in total. The highest BCUT2D eigenvalue weighted by molar-refractivity contribution is 9.10. The van der Waals surface area contributed by atoms with Crippen molar-refractivity contribution in [3.05, 3.63) is 50.6 Å². The molecule has 0 bridgehead atoms. The number of likely N-dealkylation sites (N-methyl/N-ethyl adjacent to an activating group) is 1. The molecule has 20 heavy (non-hydrogen) atoms. The van der Waals surface area contributed by atoms with Gasteiger partial charge in [0.25, 0.3) is 0 Å². The van der Waals surface area contributed by atoms with Crippen LogP contribution in [0.25, 0.3) is 0 Å². The SMILES string of the molecule is CC(=O)c1ccc(Br)cc1N(C)C(C)Cc1cccs1. The van der Waals surface area contributed by atoms with Gasteiger partial charge in [-0.05, 0) is 43.5 Å². The van der Waals surface area contributed by atoms with Crippen LogP contribution in [-0.4, -0.2) is 18.9 Å². The summed E-state index contributed by atoms with van der Waals surface area (Å²) in [5.41, 5.74) is 1.75. The van der Waals surface area contributed by atoms with E-state index < -0.39 is 0 Å². The third kappa shape index (κ3) is 3.49. The van der Waals surface area contributed by atoms with Gasteiger partial charge in [-0.1, -0.05) is 22.0 Å². The number of anilines is 1. The Hall–Kier alpha value is -1.13. The fourth-order valence-electron chi connectivity index (χ4n) is 2.19. The van der Waals surface area contributed by atoms with Crippen molar-refractivity contribution in [3.63, 3.8) is 0 Å². The molecule has 0 fully saturated rings. The van der Waals surface area contributed by atoms with E-state index in [4.69, 9.17) is 0 Å². The molecule has 0 saturated heterocycles. The fraction of sp³-hybridized carbons (Fsp3) is 0.312. The summed E-state index contributed by atoms with van der Waals surface area (Å²) in [5, 5.41) is 2.10. The normalized spacial score (nSPS) is 12.2. The van der Waals surface area contributed by atoms with Crippen LogP contribution in [0.2, 0.25) is 0 Å². The predicted molar refractivity (Wildman–Crippen MR) is 90.0 cm³/mol. The predicted octanol–water partition coefficient (Wildman–Crippen LogP) is 4.78. The van der Waals surface area contributed by atoms with Crippen molar-refractivity contribution in [1.82, 2.24) is 0 Å². The first kappa shape index (κ1) is 15.3. The van der Waals surface area contributed by atoms with Gasteiger partial charge in [0.05, 0.1) is 0 Å². The molecule has 2 rings (SSSR count). The zero-order valence-corrected chi connectivity index (χ0v) is 14.3. The first-order valence-electron chi connectivity index (χ1n) is 6.54. The number of benzene rings is 1. The Balaban J connectivity index is 2.25. The van der Waals surface area contributed by atoms with Crippen LogP contribution >= 0.6 is 27.3 Å². The molecule has 0 aliphatic rings. The van der Waals surface area contributed by atoms with Crippen molar-refractivity contribution in [2.75, 3.05) is 11.9 Å². The smallest absolute Gasteiger partial charge is 0.161 e. The van der Waals surface area contributed by atoms with E-state index in [-0.39, 0.29) is 5.78 Å². The second-order valence-corrected chi connectivity index (χ2v) is 6.91. The Morgan fingerprint density at radius 1 is 1.40 bits per heavy atom. The molecule has 0 aliphatic heterocycles. The number of ketones is 1. The van der Waals surface area contributed by atoms with Gasteiger partial charge in [-0.25, -0.2) is 0 Å². The van der Waals surface area contributed by atoms with Crippen LogP contribution in [0, 0.1) is 0 Å². The number of halogens is 1. The summed E-state index contributed by atoms with van der Waals surface area (Å²) in [6.45, 7) is 3.80. The second-order valence-electron chi connectivity index (χ2n) is 4.96. The molecule has 106 valence electrons. The van der Waals surface area contributed by atoms with E-state index in [1.165, 1.54) is 4.88 Å². The van der Waals surface area contributed by atoms with Crippen molar-refractivity contribution in [3.8, 4) is 0 Å². The molecule has 1 atom stereocenters. The summed E-state index contributed by atoms with van der Waals surface area (Å²) in [5.74, 6) is 0.0997. The summed E-state index contributed by atoms with van der Waals surface area (Å²) in [7, 11) is 2.05. The van der Waals surface area contributed by atoms with Crippen LogP contribution in [-0.2, 0) is 6.42 Å². The van der Waals surface area contributed by atoms with E-state index in [0.717, 1.165) is 22.1 Å². The van der Waals surface area contributed by atoms with Gasteiger partial charge in [0.15, 0.2) is 5.78 Å². The number of rotatable bonds is 5. The Morgan fingerprint density at radius 2 is 2.15 bits per heavy atom. The Labute approximate surface area is 132 Å². The number of Topliss-reactive ketones (excluding diaryl/α,β-unsaturated/α-hetero) is 1. The van der Waals surface area contributed by atoms with Crippen molar-refractivity contribution < 1.29 is 4.79 Å². The maximum Gasteiger partial charge on any atom is 0.161 e. The summed E-state index contributed by atoms with van der Waals surface area (Å²) >= 11 is 5.26. The van der Waals surface area contributed by atoms with Crippen molar-refractivity contribution in [2.24, 2.45) is 0 Å². The minimum Gasteiger partial charge on any atom is -0.371 e. The minimum atomic E-state index is 0.0997. The first-order chi connectivity index (χ1) is 9.49. The molecule has 0 amide bonds. The molecule has 2 aromatic rings. The number of carbonyl (C=O) groups is 1. The number of hydrogen-bond acceptors (Lipinski definition) is 3. The maximum absolute atomic E-state index is 11.8. The zero-order chi connectivity index (χ0) is 14.7. The zero-order valence-electron chi connectivity index (χ0n) is 11.9. The van der Waals surface area contributed by atoms with Crippen LogP contribution < -0.4 is 4.90 Å². The Morgan fingerprint density at radius 3 is 2.75 bits per heavy atom. The molecule has 1 heterocycles. The minimum absolute atomic E-state index is 0.0997. The second kappa shape index (κ2) is 6.55. The monoisotopic (exact) mass is 351 g/mol. The summed E-state index contributed by atoms with van der Waals surface area (Å²) in [4.78, 5) is 15.3. The fourth-order valence-corrected chi connectivity index (χ4v) is 3.36. The third-order valence-electron chi connectivity index (χ3n) is 3.46. The molecule has 0 radical (unpaired) electrons. The van der Waals surface area contributed by atoms with Gasteiger partial charge in [0.2, 0.25) is 0 Å². The molecule has 0 aliphatic carbocycles. The van der Waals surface area contributed by atoms with E-state index in [1.54, 1.807) is 18.3 Å². The molecule has 2 nitrogen and oxygen atoms in total. The lowest BCUT2D eigenvalue weighted by Gasteiger charge is -2.28. The average molecular weight is 352 g/mol. The van der Waals surface area contributed by atoms with Crippen molar-refractivity contribution in [1.29, 1.82) is 0 Å². The largest absolute Gasteiger partial charge is 0.371 e. The van der Waals surface area contributed by atoms with Crippen LogP contribution in [0.15, 0.2) is 40.2 Å². The quantitative estimate of drug-likeness (QED) is 0.722. The molecule has 1 unspecified atom stereocenters. The van der Waals surface area contributed by atoms with Gasteiger partial charge in [-0.15, -0.1) is 11.3 Å². The van der Waals surface area contributed by atoms with Gasteiger partial charge in [-0.2, -0.15) is 0 Å². The summed E-state index contributed by atoms with van der Waals surface area (Å²) in [6, 6.07) is 10.4. The van der Waals surface area contributed by atoms with Crippen LogP contribution in [0.5, 0.6) is 0 Å². The lowest BCUT2D eigenvalue weighted by molar-refractivity contribution is 0.101. The first-order valence-corrected chi connectivity index (χ1v) is 8.22. The molecule has 4 heteroatoms. The van der Waals surface area contributed by atoms with Crippen LogP contribution in [0.3, 0.4) is 0 Å². The molecule has 0 saturated carbocycles. The van der Waals surface area contributed by atoms with E-state index in [1.807, 2.05) is 25.2 Å². The third-order valence-corrected chi connectivity index (χ3v) is 4.85. The number of nitrogens with zero attached hydrogens (tertiary/aromatic N) is 1. The Kier molecular flexibility index (Phi) is 5.00. The summed E-state index contributed by atoms with van der Waals surface area (Å²) in [6.07, 6.45) is 0.984. The molecular weight excluding hydrogens is 334 g/mol. The van der Waals surface area contributed by atoms with Gasteiger partial charge < -0.3 is 4.90 Å². The Bertz CT molecular complexity index is 595. The lowest BCUT2D eigenvalue weighted by atomic mass is 10.1. The van der Waals surface area contributed by atoms with Crippen LogP contribution in [0.4, 0.5) is 5.69 Å². The molecular formula is C16H18BrNOS. The summed E-state index contributed by atoms with van der Waals surface area (Å²) < 4.78 is 0.993. The van der Waals surface area contributed by atoms with E-state index >= 15 is 0 Å². The number of hydrogen-bond donors (Lipinski definition) is 0. The topological polar surface area (TPSA) is 20.3 Å². The molecule has 0 spiro atoms. The standard InChI is InChI=1S/C16H18BrNOS/c1-11(9-14-5-4-8-20-14)18(3)16-10-13(17)6-7-15(16)12(2)19/h4-8,10-11H,9H2,1-3H3. The molecule has 1 aromatic heterocycles. The van der Waals surface area contributed by atoms with Crippen molar-refractivity contribution >= 4 is 38.7 Å². The van der Waals surface area contributed by atoms with Gasteiger partial charge in [0.1, 0.15) is 0 Å². The van der Waals surface area contributed by atoms with Crippen LogP contribution in [0.1, 0.15) is 29.1 Å². The highest BCUT2D eigenvalue weighted by atomic mass is 79.9. The van der Waals surface area contributed by atoms with Gasteiger partial charge in [-0.3, -0.25) is 4.79 Å². The van der Waals surface area contributed by atoms with E-state index in [9.17, 15) is 4.79 Å². The highest BCUT2D eigenvalue weighted by Gasteiger charge is 2.17. The average Bonchev–Trinajstić information content (AvgIpc) is 2.90. The van der Waals surface area contributed by atoms with Crippen molar-refractivity contribution in [2.45, 2.75) is 26.3 Å².